The third-order valence-electron chi connectivity index (χ3n) is 5.13. The number of methoxy groups -OCH3 is 1. The zero-order valence-electron chi connectivity index (χ0n) is 17.4. The average Bonchev–Trinajstić information content (AvgIpc) is 3.51. The lowest BCUT2D eigenvalue weighted by molar-refractivity contribution is -0.120. The Labute approximate surface area is 191 Å². The Bertz CT molecular complexity index is 1210. The molecule has 1 aromatic carbocycles. The fourth-order valence-corrected chi connectivity index (χ4v) is 5.81. The van der Waals surface area contributed by atoms with Gasteiger partial charge in [0.2, 0.25) is 5.16 Å². The van der Waals surface area contributed by atoms with Crippen molar-refractivity contribution in [1.82, 2.24) is 20.2 Å². The van der Waals surface area contributed by atoms with E-state index in [4.69, 9.17) is 14.3 Å². The number of carbonyl (C=O) groups excluding carboxylic acids is 2. The molecule has 2 aromatic heterocycles. The van der Waals surface area contributed by atoms with Crippen molar-refractivity contribution in [1.29, 1.82) is 0 Å². The van der Waals surface area contributed by atoms with Gasteiger partial charge in [-0.15, -0.1) is 21.5 Å². The summed E-state index contributed by atoms with van der Waals surface area (Å²) in [5.41, 5.74) is 1.94. The van der Waals surface area contributed by atoms with Gasteiger partial charge < -0.3 is 14.3 Å². The van der Waals surface area contributed by atoms with Crippen LogP contribution in [0.4, 0.5) is 5.00 Å². The average molecular weight is 474 g/mol. The van der Waals surface area contributed by atoms with E-state index in [1.54, 1.807) is 32.2 Å². The SMILES string of the molecule is CCOC(=O)c1c(N2Oc3ccc(OC)c(c3)-n3nnnc3SCC2=O)sc2c1CCC2. The minimum absolute atomic E-state index is 0.0117. The molecule has 5 rings (SSSR count). The third kappa shape index (κ3) is 3.48. The van der Waals surface area contributed by atoms with Crippen LogP contribution in [0.3, 0.4) is 0 Å². The second-order valence-electron chi connectivity index (χ2n) is 7.03. The molecule has 10 nitrogen and oxygen atoms in total. The summed E-state index contributed by atoms with van der Waals surface area (Å²) < 4.78 is 12.3. The van der Waals surface area contributed by atoms with Crippen molar-refractivity contribution in [3.63, 3.8) is 0 Å². The summed E-state index contributed by atoms with van der Waals surface area (Å²) in [6.07, 6.45) is 2.62. The molecule has 0 unspecified atom stereocenters. The van der Waals surface area contributed by atoms with Crippen LogP contribution in [0.2, 0.25) is 0 Å². The van der Waals surface area contributed by atoms with Crippen LogP contribution in [0.5, 0.6) is 11.5 Å². The Morgan fingerprint density at radius 1 is 1.31 bits per heavy atom. The molecule has 1 amide bonds. The maximum absolute atomic E-state index is 13.3. The molecule has 1 aliphatic heterocycles. The van der Waals surface area contributed by atoms with Gasteiger partial charge in [-0.3, -0.25) is 4.79 Å². The van der Waals surface area contributed by atoms with Crippen LogP contribution >= 0.6 is 23.1 Å². The molecule has 0 atom stereocenters. The van der Waals surface area contributed by atoms with Crippen LogP contribution < -0.4 is 14.6 Å². The van der Waals surface area contributed by atoms with Gasteiger partial charge in [-0.25, -0.2) is 4.79 Å². The van der Waals surface area contributed by atoms with E-state index in [0.29, 0.717) is 32.9 Å². The van der Waals surface area contributed by atoms with Gasteiger partial charge in [0.05, 0.1) is 19.5 Å². The number of carbonyl (C=O) groups is 2. The minimum Gasteiger partial charge on any atom is -0.494 e. The van der Waals surface area contributed by atoms with Crippen LogP contribution in [0, 0.1) is 0 Å². The van der Waals surface area contributed by atoms with Gasteiger partial charge in [0.25, 0.3) is 5.91 Å². The molecular formula is C20H19N5O5S2. The minimum atomic E-state index is -0.442. The smallest absolute Gasteiger partial charge is 0.341 e. The highest BCUT2D eigenvalue weighted by molar-refractivity contribution is 7.99. The van der Waals surface area contributed by atoms with Crippen molar-refractivity contribution < 1.29 is 23.9 Å². The van der Waals surface area contributed by atoms with Gasteiger partial charge in [-0.05, 0) is 54.3 Å². The van der Waals surface area contributed by atoms with E-state index < -0.39 is 5.97 Å². The molecule has 0 fully saturated rings. The first kappa shape index (κ1) is 20.8. The number of aromatic nitrogens is 4. The predicted octanol–water partition coefficient (Wildman–Crippen LogP) is 2.83. The normalized spacial score (nSPS) is 15.1. The fraction of sp³-hybridized carbons (Fsp3) is 0.350. The molecule has 0 N–H and O–H groups in total. The van der Waals surface area contributed by atoms with Crippen molar-refractivity contribution in [2.75, 3.05) is 24.5 Å². The number of esters is 1. The van der Waals surface area contributed by atoms with Gasteiger partial charge in [0.1, 0.15) is 17.0 Å². The molecule has 12 heteroatoms. The van der Waals surface area contributed by atoms with Crippen molar-refractivity contribution in [2.45, 2.75) is 31.3 Å². The molecule has 1 aliphatic carbocycles. The number of amides is 1. The number of rotatable bonds is 4. The lowest BCUT2D eigenvalue weighted by Crippen LogP contribution is -2.36. The predicted molar refractivity (Wildman–Crippen MR) is 117 cm³/mol. The number of hydroxylamine groups is 1. The monoisotopic (exact) mass is 473 g/mol. The zero-order chi connectivity index (χ0) is 22.2. The van der Waals surface area contributed by atoms with Gasteiger partial charge in [-0.1, -0.05) is 11.8 Å². The topological polar surface area (TPSA) is 109 Å². The van der Waals surface area contributed by atoms with E-state index in [2.05, 4.69) is 15.5 Å². The van der Waals surface area contributed by atoms with E-state index >= 15 is 0 Å². The first-order valence-electron chi connectivity index (χ1n) is 10.0. The Morgan fingerprint density at radius 3 is 3.00 bits per heavy atom. The Kier molecular flexibility index (Phi) is 5.47. The number of tetrazole rings is 1. The molecular weight excluding hydrogens is 454 g/mol. The molecule has 0 radical (unpaired) electrons. The quantitative estimate of drug-likeness (QED) is 0.528. The van der Waals surface area contributed by atoms with Gasteiger partial charge in [0, 0.05) is 10.9 Å². The van der Waals surface area contributed by atoms with Crippen molar-refractivity contribution in [2.24, 2.45) is 0 Å². The summed E-state index contributed by atoms with van der Waals surface area (Å²) >= 11 is 2.57. The molecule has 2 aliphatic rings. The highest BCUT2D eigenvalue weighted by Gasteiger charge is 2.34. The molecule has 3 heterocycles. The molecule has 3 aromatic rings. The number of fused-ring (bicyclic) bond motifs is 5. The van der Waals surface area contributed by atoms with Crippen LogP contribution in [-0.4, -0.2) is 51.6 Å². The van der Waals surface area contributed by atoms with E-state index in [-0.39, 0.29) is 18.3 Å². The highest BCUT2D eigenvalue weighted by Crippen LogP contribution is 2.43. The first-order valence-corrected chi connectivity index (χ1v) is 11.8. The Morgan fingerprint density at radius 2 is 2.19 bits per heavy atom. The molecule has 0 spiro atoms. The van der Waals surface area contributed by atoms with Gasteiger partial charge in [-0.2, -0.15) is 4.68 Å². The standard InChI is InChI=1S/C20H19N5O5S2/c1-3-29-19(27)17-12-5-4-6-15(12)32-18(17)25-16(26)10-31-20-21-22-23-24(20)13-9-11(30-25)7-8-14(13)28-2/h7-9H,3-6,10H2,1-2H3. The summed E-state index contributed by atoms with van der Waals surface area (Å²) in [6, 6.07) is 5.09. The van der Waals surface area contributed by atoms with Crippen LogP contribution in [0.15, 0.2) is 23.4 Å². The summed E-state index contributed by atoms with van der Waals surface area (Å²) in [6.45, 7) is 2.01. The molecule has 166 valence electrons. The lowest BCUT2D eigenvalue weighted by atomic mass is 10.1. The molecule has 0 saturated heterocycles. The number of benzene rings is 1. The second-order valence-corrected chi connectivity index (χ2v) is 9.06. The summed E-state index contributed by atoms with van der Waals surface area (Å²) in [5, 5.41) is 13.9. The zero-order valence-corrected chi connectivity index (χ0v) is 19.0. The number of aryl methyl sites for hydroxylation is 1. The number of thiophene rings is 1. The van der Waals surface area contributed by atoms with Gasteiger partial charge >= 0.3 is 5.97 Å². The van der Waals surface area contributed by atoms with E-state index in [1.807, 2.05) is 0 Å². The summed E-state index contributed by atoms with van der Waals surface area (Å²) in [4.78, 5) is 33.3. The third-order valence-corrected chi connectivity index (χ3v) is 7.30. The van der Waals surface area contributed by atoms with Crippen molar-refractivity contribution in [3.8, 4) is 17.2 Å². The number of nitrogens with zero attached hydrogens (tertiary/aromatic N) is 5. The van der Waals surface area contributed by atoms with Crippen LogP contribution in [0.25, 0.3) is 5.69 Å². The first-order chi connectivity index (χ1) is 15.6. The second kappa shape index (κ2) is 8.43. The number of thioether (sulfide) groups is 1. The highest BCUT2D eigenvalue weighted by atomic mass is 32.2. The number of ether oxygens (including phenoxy) is 2. The Hall–Kier alpha value is -3.12. The van der Waals surface area contributed by atoms with E-state index in [0.717, 1.165) is 29.7 Å². The fourth-order valence-electron chi connectivity index (χ4n) is 3.75. The number of hydrogen-bond acceptors (Lipinski definition) is 10. The van der Waals surface area contributed by atoms with Crippen molar-refractivity contribution in [3.05, 3.63) is 34.2 Å². The van der Waals surface area contributed by atoms with Gasteiger partial charge in [0.15, 0.2) is 10.8 Å². The van der Waals surface area contributed by atoms with Crippen LogP contribution in [0.1, 0.15) is 34.1 Å². The molecule has 0 saturated carbocycles. The maximum atomic E-state index is 13.3. The lowest BCUT2D eigenvalue weighted by Gasteiger charge is -2.24. The maximum Gasteiger partial charge on any atom is 0.341 e. The number of anilines is 1. The summed E-state index contributed by atoms with van der Waals surface area (Å²) in [5.74, 6) is 0.160. The summed E-state index contributed by atoms with van der Waals surface area (Å²) in [7, 11) is 1.55. The molecule has 32 heavy (non-hydrogen) atoms. The van der Waals surface area contributed by atoms with E-state index in [9.17, 15) is 9.59 Å². The largest absolute Gasteiger partial charge is 0.494 e. The Balaban J connectivity index is 1.62. The molecule has 2 bridgehead atoms. The number of hydrogen-bond donors (Lipinski definition) is 0. The van der Waals surface area contributed by atoms with Crippen LogP contribution in [-0.2, 0) is 22.4 Å². The van der Waals surface area contributed by atoms with Crippen molar-refractivity contribution >= 4 is 40.0 Å². The van der Waals surface area contributed by atoms with E-state index in [1.165, 1.54) is 32.8 Å².